The summed E-state index contributed by atoms with van der Waals surface area (Å²) in [7, 11) is 0. The van der Waals surface area contributed by atoms with E-state index in [0.29, 0.717) is 22.4 Å². The number of hydrogen-bond acceptors (Lipinski definition) is 5. The zero-order chi connectivity index (χ0) is 21.6. The van der Waals surface area contributed by atoms with Crippen molar-refractivity contribution in [3.8, 4) is 16.9 Å². The number of amides is 1. The van der Waals surface area contributed by atoms with Crippen LogP contribution in [0.15, 0.2) is 96.2 Å². The number of carbonyl (C=O) groups excluding carboxylic acids is 1. The van der Waals surface area contributed by atoms with Gasteiger partial charge in [0.15, 0.2) is 0 Å². The molecule has 0 saturated carbocycles. The third-order valence-electron chi connectivity index (χ3n) is 4.52. The standard InChI is InChI=1S/C23H17N5O3/c29-23(18-7-3-1-4-8-18)25-24-15-19-16-27(20-9-5-2-6-10-20)26-22(19)17-11-13-21(14-12-17)28(30)31/h1-16H,(H,25,29)/b24-15-. The zero-order valence-electron chi connectivity index (χ0n) is 16.3. The second kappa shape index (κ2) is 8.83. The van der Waals surface area contributed by atoms with E-state index >= 15 is 0 Å². The molecule has 0 radical (unpaired) electrons. The first-order valence-corrected chi connectivity index (χ1v) is 9.40. The lowest BCUT2D eigenvalue weighted by Gasteiger charge is -2.01. The van der Waals surface area contributed by atoms with Crippen molar-refractivity contribution in [2.45, 2.75) is 0 Å². The quantitative estimate of drug-likeness (QED) is 0.292. The van der Waals surface area contributed by atoms with E-state index in [1.54, 1.807) is 47.3 Å². The van der Waals surface area contributed by atoms with Crippen LogP contribution in [-0.4, -0.2) is 26.8 Å². The number of benzene rings is 3. The first kappa shape index (κ1) is 19.7. The summed E-state index contributed by atoms with van der Waals surface area (Å²) in [6.45, 7) is 0. The number of para-hydroxylation sites is 1. The fraction of sp³-hybridized carbons (Fsp3) is 0. The summed E-state index contributed by atoms with van der Waals surface area (Å²) in [5.41, 5.74) is 5.76. The molecule has 0 aliphatic heterocycles. The summed E-state index contributed by atoms with van der Waals surface area (Å²) >= 11 is 0. The van der Waals surface area contributed by atoms with Gasteiger partial charge in [-0.2, -0.15) is 10.2 Å². The maximum absolute atomic E-state index is 12.2. The molecule has 31 heavy (non-hydrogen) atoms. The Morgan fingerprint density at radius 1 is 0.968 bits per heavy atom. The van der Waals surface area contributed by atoms with Crippen LogP contribution in [0.4, 0.5) is 5.69 Å². The highest BCUT2D eigenvalue weighted by atomic mass is 16.6. The second-order valence-corrected chi connectivity index (χ2v) is 6.58. The number of nitrogens with one attached hydrogen (secondary N) is 1. The summed E-state index contributed by atoms with van der Waals surface area (Å²) in [5.74, 6) is -0.329. The Morgan fingerprint density at radius 2 is 1.61 bits per heavy atom. The van der Waals surface area contributed by atoms with Gasteiger partial charge in [-0.25, -0.2) is 10.1 Å². The number of nitro benzene ring substituents is 1. The number of nitrogens with zero attached hydrogens (tertiary/aromatic N) is 4. The first-order chi connectivity index (χ1) is 15.1. The predicted molar refractivity (Wildman–Crippen MR) is 117 cm³/mol. The van der Waals surface area contributed by atoms with Gasteiger partial charge in [0.1, 0.15) is 5.69 Å². The van der Waals surface area contributed by atoms with Gasteiger partial charge in [-0.3, -0.25) is 14.9 Å². The molecular formula is C23H17N5O3. The molecule has 1 aromatic heterocycles. The Labute approximate surface area is 177 Å². The van der Waals surface area contributed by atoms with Crippen molar-refractivity contribution in [1.82, 2.24) is 15.2 Å². The van der Waals surface area contributed by atoms with Crippen molar-refractivity contribution in [3.05, 3.63) is 112 Å². The van der Waals surface area contributed by atoms with Crippen molar-refractivity contribution in [2.75, 3.05) is 0 Å². The molecule has 8 heteroatoms. The molecule has 1 heterocycles. The van der Waals surface area contributed by atoms with Crippen LogP contribution in [0.1, 0.15) is 15.9 Å². The molecule has 0 aliphatic carbocycles. The number of hydrogen-bond donors (Lipinski definition) is 1. The third-order valence-corrected chi connectivity index (χ3v) is 4.52. The number of carbonyl (C=O) groups is 1. The van der Waals surface area contributed by atoms with Crippen LogP contribution in [-0.2, 0) is 0 Å². The largest absolute Gasteiger partial charge is 0.271 e. The molecule has 0 bridgehead atoms. The Hall–Kier alpha value is -4.59. The number of non-ortho nitro benzene ring substituents is 1. The van der Waals surface area contributed by atoms with E-state index in [-0.39, 0.29) is 11.6 Å². The lowest BCUT2D eigenvalue weighted by atomic mass is 10.1. The van der Waals surface area contributed by atoms with E-state index in [9.17, 15) is 14.9 Å². The van der Waals surface area contributed by atoms with Gasteiger partial charge in [0, 0.05) is 35.0 Å². The fourth-order valence-electron chi connectivity index (χ4n) is 2.97. The van der Waals surface area contributed by atoms with Crippen molar-refractivity contribution in [3.63, 3.8) is 0 Å². The van der Waals surface area contributed by atoms with Gasteiger partial charge in [0.2, 0.25) is 0 Å². The van der Waals surface area contributed by atoms with Crippen LogP contribution < -0.4 is 5.43 Å². The lowest BCUT2D eigenvalue weighted by Crippen LogP contribution is -2.17. The van der Waals surface area contributed by atoms with E-state index < -0.39 is 4.92 Å². The highest BCUT2D eigenvalue weighted by Gasteiger charge is 2.13. The molecule has 3 aromatic carbocycles. The fourth-order valence-corrected chi connectivity index (χ4v) is 2.97. The first-order valence-electron chi connectivity index (χ1n) is 9.40. The number of aromatic nitrogens is 2. The number of nitro groups is 1. The smallest absolute Gasteiger partial charge is 0.267 e. The molecule has 0 unspecified atom stereocenters. The maximum atomic E-state index is 12.2. The highest BCUT2D eigenvalue weighted by Crippen LogP contribution is 2.25. The molecular weight excluding hydrogens is 394 g/mol. The van der Waals surface area contributed by atoms with Crippen molar-refractivity contribution >= 4 is 17.8 Å². The van der Waals surface area contributed by atoms with Gasteiger partial charge in [-0.15, -0.1) is 0 Å². The molecule has 1 amide bonds. The minimum absolute atomic E-state index is 0.00316. The summed E-state index contributed by atoms with van der Waals surface area (Å²) < 4.78 is 1.69. The van der Waals surface area contributed by atoms with Crippen molar-refractivity contribution < 1.29 is 9.72 Å². The van der Waals surface area contributed by atoms with Crippen molar-refractivity contribution in [1.29, 1.82) is 0 Å². The van der Waals surface area contributed by atoms with Crippen molar-refractivity contribution in [2.24, 2.45) is 5.10 Å². The maximum Gasteiger partial charge on any atom is 0.271 e. The molecule has 1 N–H and O–H groups in total. The topological polar surface area (TPSA) is 102 Å². The lowest BCUT2D eigenvalue weighted by molar-refractivity contribution is -0.384. The minimum atomic E-state index is -0.451. The van der Waals surface area contributed by atoms with Crippen LogP contribution in [0.25, 0.3) is 16.9 Å². The summed E-state index contributed by atoms with van der Waals surface area (Å²) in [5, 5.41) is 19.6. The summed E-state index contributed by atoms with van der Waals surface area (Å²) in [6.07, 6.45) is 3.29. The van der Waals surface area contributed by atoms with E-state index in [2.05, 4.69) is 15.6 Å². The normalized spacial score (nSPS) is 10.8. The molecule has 152 valence electrons. The summed E-state index contributed by atoms with van der Waals surface area (Å²) in [4.78, 5) is 22.7. The molecule has 0 spiro atoms. The van der Waals surface area contributed by atoms with Crippen LogP contribution in [0.2, 0.25) is 0 Å². The minimum Gasteiger partial charge on any atom is -0.267 e. The molecule has 0 saturated heterocycles. The van der Waals surface area contributed by atoms with E-state index in [1.165, 1.54) is 18.3 Å². The number of hydrazone groups is 1. The van der Waals surface area contributed by atoms with Crippen LogP contribution in [0.5, 0.6) is 0 Å². The third kappa shape index (κ3) is 4.54. The van der Waals surface area contributed by atoms with E-state index in [1.807, 2.05) is 36.4 Å². The summed E-state index contributed by atoms with van der Waals surface area (Å²) in [6, 6.07) is 24.4. The average molecular weight is 411 g/mol. The van der Waals surface area contributed by atoms with Gasteiger partial charge in [-0.05, 0) is 36.4 Å². The Kier molecular flexibility index (Phi) is 5.62. The van der Waals surface area contributed by atoms with Gasteiger partial charge < -0.3 is 0 Å². The van der Waals surface area contributed by atoms with Gasteiger partial charge >= 0.3 is 0 Å². The van der Waals surface area contributed by atoms with Crippen LogP contribution >= 0.6 is 0 Å². The van der Waals surface area contributed by atoms with E-state index in [4.69, 9.17) is 0 Å². The Bertz CT molecular complexity index is 1230. The SMILES string of the molecule is O=C(N/N=C\c1cn(-c2ccccc2)nc1-c1ccc([N+](=O)[O-])cc1)c1ccccc1. The highest BCUT2D eigenvalue weighted by molar-refractivity contribution is 5.95. The van der Waals surface area contributed by atoms with Gasteiger partial charge in [0.25, 0.3) is 11.6 Å². The molecule has 4 rings (SSSR count). The van der Waals surface area contributed by atoms with Gasteiger partial charge in [-0.1, -0.05) is 36.4 Å². The molecule has 0 atom stereocenters. The zero-order valence-corrected chi connectivity index (χ0v) is 16.3. The molecule has 0 fully saturated rings. The van der Waals surface area contributed by atoms with Gasteiger partial charge in [0.05, 0.1) is 16.8 Å². The number of rotatable bonds is 6. The Morgan fingerprint density at radius 3 is 2.26 bits per heavy atom. The predicted octanol–water partition coefficient (Wildman–Crippen LogP) is 4.21. The van der Waals surface area contributed by atoms with Crippen LogP contribution in [0, 0.1) is 10.1 Å². The monoisotopic (exact) mass is 411 g/mol. The second-order valence-electron chi connectivity index (χ2n) is 6.58. The Balaban J connectivity index is 1.65. The van der Waals surface area contributed by atoms with Crippen LogP contribution in [0.3, 0.4) is 0 Å². The van der Waals surface area contributed by atoms with E-state index in [0.717, 1.165) is 5.69 Å². The molecule has 4 aromatic rings. The molecule has 8 nitrogen and oxygen atoms in total. The average Bonchev–Trinajstić information content (AvgIpc) is 3.24. The molecule has 0 aliphatic rings.